The second-order valence-corrected chi connectivity index (χ2v) is 7.04. The zero-order valence-corrected chi connectivity index (χ0v) is 16.7. The van der Waals surface area contributed by atoms with Gasteiger partial charge in [0.2, 0.25) is 5.82 Å². The van der Waals surface area contributed by atoms with Crippen molar-refractivity contribution in [2.45, 2.75) is 46.1 Å². The summed E-state index contributed by atoms with van der Waals surface area (Å²) in [6.07, 6.45) is 8.09. The summed E-state index contributed by atoms with van der Waals surface area (Å²) in [6, 6.07) is 10.3. The number of aromatic amines is 1. The van der Waals surface area contributed by atoms with Crippen molar-refractivity contribution in [3.05, 3.63) is 59.9 Å². The number of unbranched alkanes of at least 4 members (excludes halogenated alkanes) is 2. The Morgan fingerprint density at radius 2 is 1.90 bits per heavy atom. The van der Waals surface area contributed by atoms with E-state index in [-0.39, 0.29) is 0 Å². The fraction of sp³-hybridized carbons (Fsp3) is 0.333. The van der Waals surface area contributed by atoms with Crippen LogP contribution in [0.4, 0.5) is 0 Å². The molecule has 0 fully saturated rings. The van der Waals surface area contributed by atoms with E-state index < -0.39 is 0 Å². The minimum Gasteiger partial charge on any atom is -0.264 e. The molecule has 0 spiro atoms. The molecule has 0 aliphatic rings. The van der Waals surface area contributed by atoms with Gasteiger partial charge >= 0.3 is 0 Å². The van der Waals surface area contributed by atoms with E-state index in [1.54, 1.807) is 6.20 Å². The third-order valence-corrected chi connectivity index (χ3v) is 4.86. The average molecular weight is 388 g/mol. The summed E-state index contributed by atoms with van der Waals surface area (Å²) in [5.74, 6) is 2.45. The zero-order chi connectivity index (χ0) is 20.1. The standard InChI is InChI=1S/C21H24N8/c1-3-4-5-6-20-23-15(2)26-29(20)14-16-7-9-17(10-8-16)19-13-22-12-11-18(19)21-24-27-28-25-21/h7-13H,3-6,14H2,1-2H3,(H,24,25,27,28). The Balaban J connectivity index is 1.54. The van der Waals surface area contributed by atoms with Crippen molar-refractivity contribution >= 4 is 0 Å². The van der Waals surface area contributed by atoms with Gasteiger partial charge in [-0.05, 0) is 35.8 Å². The minimum atomic E-state index is 0.557. The molecule has 3 heterocycles. The molecule has 148 valence electrons. The first-order valence-corrected chi connectivity index (χ1v) is 9.92. The van der Waals surface area contributed by atoms with Crippen LogP contribution in [0.25, 0.3) is 22.5 Å². The summed E-state index contributed by atoms with van der Waals surface area (Å²) < 4.78 is 2.02. The number of pyridine rings is 1. The molecule has 0 saturated heterocycles. The summed E-state index contributed by atoms with van der Waals surface area (Å²) in [5, 5.41) is 18.9. The maximum absolute atomic E-state index is 4.60. The van der Waals surface area contributed by atoms with Crippen LogP contribution in [0.1, 0.15) is 43.4 Å². The van der Waals surface area contributed by atoms with Crippen molar-refractivity contribution in [1.82, 2.24) is 40.4 Å². The molecule has 29 heavy (non-hydrogen) atoms. The predicted molar refractivity (Wildman–Crippen MR) is 110 cm³/mol. The summed E-state index contributed by atoms with van der Waals surface area (Å²) in [4.78, 5) is 8.87. The van der Waals surface area contributed by atoms with Gasteiger partial charge in [0.1, 0.15) is 11.6 Å². The van der Waals surface area contributed by atoms with E-state index >= 15 is 0 Å². The van der Waals surface area contributed by atoms with E-state index in [9.17, 15) is 0 Å². The minimum absolute atomic E-state index is 0.557. The third kappa shape index (κ3) is 4.37. The van der Waals surface area contributed by atoms with Gasteiger partial charge in [-0.1, -0.05) is 44.0 Å². The molecule has 1 aromatic carbocycles. The lowest BCUT2D eigenvalue weighted by Gasteiger charge is -2.09. The normalized spacial score (nSPS) is 11.1. The molecule has 0 aliphatic carbocycles. The molecule has 4 rings (SSSR count). The first-order valence-electron chi connectivity index (χ1n) is 9.92. The van der Waals surface area contributed by atoms with Crippen LogP contribution in [0.5, 0.6) is 0 Å². The second kappa shape index (κ2) is 8.72. The van der Waals surface area contributed by atoms with Crippen molar-refractivity contribution in [3.8, 4) is 22.5 Å². The Kier molecular flexibility index (Phi) is 5.69. The van der Waals surface area contributed by atoms with E-state index in [4.69, 9.17) is 0 Å². The molecule has 8 nitrogen and oxygen atoms in total. The number of aromatic nitrogens is 8. The van der Waals surface area contributed by atoms with Crippen molar-refractivity contribution in [3.63, 3.8) is 0 Å². The summed E-state index contributed by atoms with van der Waals surface area (Å²) in [6.45, 7) is 4.88. The highest BCUT2D eigenvalue weighted by molar-refractivity contribution is 5.79. The number of nitrogens with zero attached hydrogens (tertiary/aromatic N) is 7. The second-order valence-electron chi connectivity index (χ2n) is 7.04. The lowest BCUT2D eigenvalue weighted by atomic mass is 10.0. The number of aryl methyl sites for hydroxylation is 2. The van der Waals surface area contributed by atoms with Crippen LogP contribution in [0.15, 0.2) is 42.7 Å². The smallest absolute Gasteiger partial charge is 0.205 e. The van der Waals surface area contributed by atoms with E-state index in [1.165, 1.54) is 18.4 Å². The Bertz CT molecular complexity index is 1050. The molecule has 0 radical (unpaired) electrons. The molecule has 1 N–H and O–H groups in total. The SMILES string of the molecule is CCCCCc1nc(C)nn1Cc1ccc(-c2cnccc2-c2nn[nH]n2)cc1. The van der Waals surface area contributed by atoms with Gasteiger partial charge in [0.25, 0.3) is 0 Å². The Hall–Kier alpha value is -3.42. The number of benzene rings is 1. The monoisotopic (exact) mass is 388 g/mol. The summed E-state index contributed by atoms with van der Waals surface area (Å²) in [7, 11) is 0. The first kappa shape index (κ1) is 18.9. The summed E-state index contributed by atoms with van der Waals surface area (Å²) >= 11 is 0. The van der Waals surface area contributed by atoms with E-state index in [1.807, 2.05) is 23.9 Å². The number of H-pyrrole nitrogens is 1. The van der Waals surface area contributed by atoms with Gasteiger partial charge in [0.15, 0.2) is 0 Å². The maximum Gasteiger partial charge on any atom is 0.205 e. The van der Waals surface area contributed by atoms with Gasteiger partial charge in [-0.2, -0.15) is 10.3 Å². The molecule has 0 atom stereocenters. The van der Waals surface area contributed by atoms with Gasteiger partial charge in [-0.25, -0.2) is 9.67 Å². The fourth-order valence-corrected chi connectivity index (χ4v) is 3.40. The van der Waals surface area contributed by atoms with Crippen LogP contribution >= 0.6 is 0 Å². The number of rotatable bonds is 8. The van der Waals surface area contributed by atoms with Crippen LogP contribution in [0.2, 0.25) is 0 Å². The molecule has 4 aromatic rings. The number of hydrogen-bond acceptors (Lipinski definition) is 6. The highest BCUT2D eigenvalue weighted by atomic mass is 15.5. The Morgan fingerprint density at radius 3 is 2.66 bits per heavy atom. The molecule has 0 aliphatic heterocycles. The van der Waals surface area contributed by atoms with E-state index in [0.29, 0.717) is 12.4 Å². The molecule has 0 saturated carbocycles. The largest absolute Gasteiger partial charge is 0.264 e. The molecule has 0 bridgehead atoms. The van der Waals surface area contributed by atoms with E-state index in [2.05, 4.69) is 66.9 Å². The van der Waals surface area contributed by atoms with Crippen LogP contribution in [0.3, 0.4) is 0 Å². The number of tetrazole rings is 1. The van der Waals surface area contributed by atoms with Crippen molar-refractivity contribution < 1.29 is 0 Å². The maximum atomic E-state index is 4.60. The van der Waals surface area contributed by atoms with Crippen molar-refractivity contribution in [2.24, 2.45) is 0 Å². The zero-order valence-electron chi connectivity index (χ0n) is 16.7. The molecule has 8 heteroatoms. The summed E-state index contributed by atoms with van der Waals surface area (Å²) in [5.41, 5.74) is 4.10. The van der Waals surface area contributed by atoms with Crippen LogP contribution in [0, 0.1) is 6.92 Å². The lowest BCUT2D eigenvalue weighted by Crippen LogP contribution is -2.07. The van der Waals surface area contributed by atoms with Crippen molar-refractivity contribution in [1.29, 1.82) is 0 Å². The quantitative estimate of drug-likeness (QED) is 0.463. The highest BCUT2D eigenvalue weighted by Crippen LogP contribution is 2.29. The molecule has 0 unspecified atom stereocenters. The molecular weight excluding hydrogens is 364 g/mol. The van der Waals surface area contributed by atoms with Crippen LogP contribution in [-0.2, 0) is 13.0 Å². The number of nitrogens with one attached hydrogen (secondary N) is 1. The van der Waals surface area contributed by atoms with Gasteiger partial charge in [0, 0.05) is 29.9 Å². The highest BCUT2D eigenvalue weighted by Gasteiger charge is 2.12. The first-order chi connectivity index (χ1) is 14.2. The Morgan fingerprint density at radius 1 is 1.03 bits per heavy atom. The Labute approximate surface area is 169 Å². The van der Waals surface area contributed by atoms with Gasteiger partial charge in [-0.3, -0.25) is 4.98 Å². The third-order valence-electron chi connectivity index (χ3n) is 4.86. The fourth-order valence-electron chi connectivity index (χ4n) is 3.40. The molecular formula is C21H24N8. The van der Waals surface area contributed by atoms with Crippen molar-refractivity contribution in [2.75, 3.05) is 0 Å². The van der Waals surface area contributed by atoms with Crippen LogP contribution < -0.4 is 0 Å². The van der Waals surface area contributed by atoms with Gasteiger partial charge in [-0.15, -0.1) is 10.2 Å². The average Bonchev–Trinajstić information content (AvgIpc) is 3.39. The predicted octanol–water partition coefficient (Wildman–Crippen LogP) is 3.61. The van der Waals surface area contributed by atoms with E-state index in [0.717, 1.165) is 41.2 Å². The van der Waals surface area contributed by atoms with Gasteiger partial charge < -0.3 is 0 Å². The number of hydrogen-bond donors (Lipinski definition) is 1. The van der Waals surface area contributed by atoms with Gasteiger partial charge in [0.05, 0.1) is 6.54 Å². The van der Waals surface area contributed by atoms with Crippen LogP contribution in [-0.4, -0.2) is 40.4 Å². The topological polar surface area (TPSA) is 98.1 Å². The molecule has 3 aromatic heterocycles. The lowest BCUT2D eigenvalue weighted by molar-refractivity contribution is 0.605. The molecule has 0 amide bonds.